The van der Waals surface area contributed by atoms with Gasteiger partial charge < -0.3 is 19.9 Å². The summed E-state index contributed by atoms with van der Waals surface area (Å²) in [5.41, 5.74) is 5.92. The molecule has 1 amide bonds. The predicted octanol–water partition coefficient (Wildman–Crippen LogP) is 3.87. The zero-order valence-electron chi connectivity index (χ0n) is 15.1. The van der Waals surface area contributed by atoms with Gasteiger partial charge in [0.15, 0.2) is 0 Å². The molecule has 0 atom stereocenters. The van der Waals surface area contributed by atoms with Crippen LogP contribution >= 0.6 is 0 Å². The zero-order chi connectivity index (χ0) is 18.1. The molecule has 4 rings (SSSR count). The Kier molecular flexibility index (Phi) is 4.39. The molecular formula is C21H23N3O2. The molecule has 0 spiro atoms. The Morgan fingerprint density at radius 2 is 1.88 bits per heavy atom. The Bertz CT molecular complexity index is 955. The van der Waals surface area contributed by atoms with Crippen molar-refractivity contribution in [2.45, 2.75) is 13.8 Å². The highest BCUT2D eigenvalue weighted by atomic mass is 16.5. The van der Waals surface area contributed by atoms with Gasteiger partial charge in [-0.15, -0.1) is 0 Å². The Labute approximate surface area is 153 Å². The van der Waals surface area contributed by atoms with Crippen molar-refractivity contribution < 1.29 is 9.53 Å². The van der Waals surface area contributed by atoms with E-state index < -0.39 is 0 Å². The second-order valence-electron chi connectivity index (χ2n) is 6.71. The van der Waals surface area contributed by atoms with Crippen molar-refractivity contribution in [3.8, 4) is 0 Å². The average Bonchev–Trinajstić information content (AvgIpc) is 2.96. The predicted molar refractivity (Wildman–Crippen MR) is 105 cm³/mol. The molecule has 1 aromatic heterocycles. The van der Waals surface area contributed by atoms with Gasteiger partial charge in [0.1, 0.15) is 0 Å². The number of benzene rings is 2. The maximum absolute atomic E-state index is 12.8. The topological polar surface area (TPSA) is 57.4 Å². The summed E-state index contributed by atoms with van der Waals surface area (Å²) in [6, 6.07) is 13.7. The molecule has 1 aliphatic rings. The summed E-state index contributed by atoms with van der Waals surface area (Å²) in [5, 5.41) is 4.18. The molecule has 0 radical (unpaired) electrons. The summed E-state index contributed by atoms with van der Waals surface area (Å²) in [6.07, 6.45) is 0. The van der Waals surface area contributed by atoms with Gasteiger partial charge in [-0.3, -0.25) is 4.79 Å². The van der Waals surface area contributed by atoms with Gasteiger partial charge in [-0.05, 0) is 49.7 Å². The van der Waals surface area contributed by atoms with Gasteiger partial charge >= 0.3 is 0 Å². The van der Waals surface area contributed by atoms with E-state index in [0.717, 1.165) is 41.1 Å². The van der Waals surface area contributed by atoms with E-state index in [9.17, 15) is 4.79 Å². The van der Waals surface area contributed by atoms with Crippen LogP contribution in [0.25, 0.3) is 10.9 Å². The largest absolute Gasteiger partial charge is 0.378 e. The monoisotopic (exact) mass is 349 g/mol. The minimum Gasteiger partial charge on any atom is -0.378 e. The molecule has 1 aliphatic heterocycles. The number of anilines is 2. The smallest absolute Gasteiger partial charge is 0.255 e. The van der Waals surface area contributed by atoms with Crippen LogP contribution in [0.3, 0.4) is 0 Å². The van der Waals surface area contributed by atoms with Gasteiger partial charge in [0.2, 0.25) is 0 Å². The SMILES string of the molecule is Cc1[nH]c2ccc(C(=O)Nc3ccccc3N3CCOCC3)cc2c1C. The summed E-state index contributed by atoms with van der Waals surface area (Å²) < 4.78 is 5.43. The lowest BCUT2D eigenvalue weighted by Gasteiger charge is -2.30. The molecule has 26 heavy (non-hydrogen) atoms. The van der Waals surface area contributed by atoms with Crippen LogP contribution in [-0.4, -0.2) is 37.2 Å². The van der Waals surface area contributed by atoms with Crippen molar-refractivity contribution in [2.24, 2.45) is 0 Å². The molecule has 0 unspecified atom stereocenters. The minimum absolute atomic E-state index is 0.0918. The Morgan fingerprint density at radius 1 is 1.12 bits per heavy atom. The number of H-pyrrole nitrogens is 1. The van der Waals surface area contributed by atoms with Crippen LogP contribution in [0.4, 0.5) is 11.4 Å². The van der Waals surface area contributed by atoms with E-state index in [2.05, 4.69) is 22.1 Å². The first-order valence-electron chi connectivity index (χ1n) is 8.95. The van der Waals surface area contributed by atoms with E-state index in [0.29, 0.717) is 18.8 Å². The molecule has 2 N–H and O–H groups in total. The summed E-state index contributed by atoms with van der Waals surface area (Å²) in [4.78, 5) is 18.4. The first kappa shape index (κ1) is 16.7. The molecular weight excluding hydrogens is 326 g/mol. The summed E-state index contributed by atoms with van der Waals surface area (Å²) in [6.45, 7) is 7.22. The molecule has 2 aromatic carbocycles. The second-order valence-corrected chi connectivity index (χ2v) is 6.71. The van der Waals surface area contributed by atoms with E-state index in [1.54, 1.807) is 0 Å². The highest BCUT2D eigenvalue weighted by molar-refractivity contribution is 6.08. The number of hydrogen-bond acceptors (Lipinski definition) is 3. The fourth-order valence-corrected chi connectivity index (χ4v) is 3.46. The summed E-state index contributed by atoms with van der Waals surface area (Å²) in [7, 11) is 0. The molecule has 0 saturated carbocycles. The molecule has 3 aromatic rings. The van der Waals surface area contributed by atoms with Crippen molar-refractivity contribution >= 4 is 28.2 Å². The van der Waals surface area contributed by atoms with Crippen molar-refractivity contribution in [1.82, 2.24) is 4.98 Å². The van der Waals surface area contributed by atoms with E-state index in [-0.39, 0.29) is 5.91 Å². The van der Waals surface area contributed by atoms with Gasteiger partial charge in [-0.25, -0.2) is 0 Å². The van der Waals surface area contributed by atoms with Gasteiger partial charge in [-0.2, -0.15) is 0 Å². The number of carbonyl (C=O) groups excluding carboxylic acids is 1. The van der Waals surface area contributed by atoms with Gasteiger partial charge in [-0.1, -0.05) is 12.1 Å². The number of nitrogens with one attached hydrogen (secondary N) is 2. The lowest BCUT2D eigenvalue weighted by molar-refractivity contribution is 0.102. The minimum atomic E-state index is -0.0918. The third-order valence-corrected chi connectivity index (χ3v) is 5.07. The number of amides is 1. The molecule has 5 heteroatoms. The van der Waals surface area contributed by atoms with E-state index in [1.807, 2.05) is 49.4 Å². The summed E-state index contributed by atoms with van der Waals surface area (Å²) in [5.74, 6) is -0.0918. The van der Waals surface area contributed by atoms with Crippen molar-refractivity contribution in [3.05, 3.63) is 59.3 Å². The van der Waals surface area contributed by atoms with E-state index in [4.69, 9.17) is 4.74 Å². The first-order valence-corrected chi connectivity index (χ1v) is 8.95. The highest BCUT2D eigenvalue weighted by Crippen LogP contribution is 2.28. The van der Waals surface area contributed by atoms with Gasteiger partial charge in [0.25, 0.3) is 5.91 Å². The van der Waals surface area contributed by atoms with Crippen molar-refractivity contribution in [2.75, 3.05) is 36.5 Å². The number of aryl methyl sites for hydroxylation is 2. The van der Waals surface area contributed by atoms with Crippen molar-refractivity contribution in [3.63, 3.8) is 0 Å². The van der Waals surface area contributed by atoms with Crippen LogP contribution in [0.1, 0.15) is 21.6 Å². The number of ether oxygens (including phenoxy) is 1. The molecule has 5 nitrogen and oxygen atoms in total. The standard InChI is InChI=1S/C21H23N3O2/c1-14-15(2)22-18-8-7-16(13-17(14)18)21(25)23-19-5-3-4-6-20(19)24-9-11-26-12-10-24/h3-8,13,22H,9-12H2,1-2H3,(H,23,25). The van der Waals surface area contributed by atoms with E-state index in [1.165, 1.54) is 5.56 Å². The number of para-hydroxylation sites is 2. The normalized spacial score (nSPS) is 14.6. The fourth-order valence-electron chi connectivity index (χ4n) is 3.46. The molecule has 2 heterocycles. The maximum Gasteiger partial charge on any atom is 0.255 e. The number of aromatic nitrogens is 1. The number of carbonyl (C=O) groups is 1. The fraction of sp³-hybridized carbons (Fsp3) is 0.286. The van der Waals surface area contributed by atoms with Crippen LogP contribution in [0.5, 0.6) is 0 Å². The Morgan fingerprint density at radius 3 is 2.69 bits per heavy atom. The van der Waals surface area contributed by atoms with Crippen molar-refractivity contribution in [1.29, 1.82) is 0 Å². The van der Waals surface area contributed by atoms with Gasteiger partial charge in [0.05, 0.1) is 24.6 Å². The zero-order valence-corrected chi connectivity index (χ0v) is 15.1. The number of fused-ring (bicyclic) bond motifs is 1. The number of rotatable bonds is 3. The number of nitrogens with zero attached hydrogens (tertiary/aromatic N) is 1. The first-order chi connectivity index (χ1) is 12.6. The average molecular weight is 349 g/mol. The Balaban J connectivity index is 1.61. The molecule has 0 aliphatic carbocycles. The van der Waals surface area contributed by atoms with Crippen LogP contribution in [-0.2, 0) is 4.74 Å². The molecule has 1 saturated heterocycles. The van der Waals surface area contributed by atoms with Gasteiger partial charge in [0, 0.05) is 35.2 Å². The number of hydrogen-bond donors (Lipinski definition) is 2. The third kappa shape index (κ3) is 3.06. The third-order valence-electron chi connectivity index (χ3n) is 5.07. The maximum atomic E-state index is 12.8. The quantitative estimate of drug-likeness (QED) is 0.755. The highest BCUT2D eigenvalue weighted by Gasteiger charge is 2.17. The Hall–Kier alpha value is -2.79. The van der Waals surface area contributed by atoms with Crippen LogP contribution in [0, 0.1) is 13.8 Å². The number of morpholine rings is 1. The lowest BCUT2D eigenvalue weighted by atomic mass is 10.1. The lowest BCUT2D eigenvalue weighted by Crippen LogP contribution is -2.36. The van der Waals surface area contributed by atoms with E-state index >= 15 is 0 Å². The molecule has 134 valence electrons. The molecule has 1 fully saturated rings. The molecule has 0 bridgehead atoms. The second kappa shape index (κ2) is 6.84. The summed E-state index contributed by atoms with van der Waals surface area (Å²) >= 11 is 0. The van der Waals surface area contributed by atoms with Crippen LogP contribution < -0.4 is 10.2 Å². The number of aromatic amines is 1. The van der Waals surface area contributed by atoms with Crippen LogP contribution in [0.15, 0.2) is 42.5 Å². The van der Waals surface area contributed by atoms with Crippen LogP contribution in [0.2, 0.25) is 0 Å².